The quantitative estimate of drug-likeness (QED) is 0.222. The highest BCUT2D eigenvalue weighted by Gasteiger charge is 2.04. The summed E-state index contributed by atoms with van der Waals surface area (Å²) in [5.41, 5.74) is 1.24. The first kappa shape index (κ1) is 24.7. The molecule has 0 radical (unpaired) electrons. The van der Waals surface area contributed by atoms with E-state index in [9.17, 15) is 4.79 Å². The molecule has 0 saturated carbocycles. The van der Waals surface area contributed by atoms with Crippen molar-refractivity contribution >= 4 is 5.91 Å². The number of carbonyl (C=O) groups is 1. The van der Waals surface area contributed by atoms with Crippen LogP contribution in [0.15, 0.2) is 24.5 Å². The van der Waals surface area contributed by atoms with Crippen LogP contribution in [0.5, 0.6) is 0 Å². The van der Waals surface area contributed by atoms with Gasteiger partial charge in [-0.15, -0.1) is 0 Å². The fourth-order valence-electron chi connectivity index (χ4n) is 3.56. The van der Waals surface area contributed by atoms with Gasteiger partial charge in [0.1, 0.15) is 0 Å². The third-order valence-electron chi connectivity index (χ3n) is 5.52. The lowest BCUT2D eigenvalue weighted by Crippen LogP contribution is -2.43. The summed E-state index contributed by atoms with van der Waals surface area (Å²) < 4.78 is 2.00. The Morgan fingerprint density at radius 2 is 1.18 bits per heavy atom. The molecule has 0 spiro atoms. The molecule has 3 nitrogen and oxygen atoms in total. The Bertz CT molecular complexity index is 484. The second-order valence-corrected chi connectivity index (χ2v) is 8.35. The predicted molar refractivity (Wildman–Crippen MR) is 119 cm³/mol. The standard InChI is InChI=1S/C25H44N2O/c1-3-4-5-6-7-8-9-10-11-12-13-14-15-16-17-18-25(28)26-23-27-21-19-24(2)20-22-27/h19-22H,3-18,23H2,1-2H3/p+1. The van der Waals surface area contributed by atoms with Crippen molar-refractivity contribution in [2.24, 2.45) is 0 Å². The Kier molecular flexibility index (Phi) is 15.6. The molecule has 160 valence electrons. The first-order valence-electron chi connectivity index (χ1n) is 11.9. The van der Waals surface area contributed by atoms with E-state index in [-0.39, 0.29) is 5.91 Å². The van der Waals surface area contributed by atoms with E-state index in [4.69, 9.17) is 0 Å². The van der Waals surface area contributed by atoms with E-state index in [2.05, 4.69) is 31.3 Å². The molecule has 0 aromatic carbocycles. The van der Waals surface area contributed by atoms with Gasteiger partial charge >= 0.3 is 0 Å². The largest absolute Gasteiger partial charge is 0.301 e. The van der Waals surface area contributed by atoms with Crippen LogP contribution in [0.4, 0.5) is 0 Å². The summed E-state index contributed by atoms with van der Waals surface area (Å²) in [6, 6.07) is 4.11. The molecule has 0 atom stereocenters. The molecular formula is C25H45N2O+. The van der Waals surface area contributed by atoms with Crippen LogP contribution >= 0.6 is 0 Å². The van der Waals surface area contributed by atoms with E-state index < -0.39 is 0 Å². The minimum atomic E-state index is 0.169. The van der Waals surface area contributed by atoms with Gasteiger partial charge in [0, 0.05) is 18.6 Å². The fraction of sp³-hybridized carbons (Fsp3) is 0.760. The van der Waals surface area contributed by atoms with Gasteiger partial charge in [-0.05, 0) is 18.9 Å². The molecule has 1 rings (SSSR count). The summed E-state index contributed by atoms with van der Waals surface area (Å²) in [6.07, 6.45) is 25.0. The highest BCUT2D eigenvalue weighted by Crippen LogP contribution is 2.13. The van der Waals surface area contributed by atoms with Gasteiger partial charge in [-0.2, -0.15) is 4.57 Å². The Labute approximate surface area is 174 Å². The summed E-state index contributed by atoms with van der Waals surface area (Å²) in [4.78, 5) is 11.9. The Balaban J connectivity index is 1.80. The molecule has 1 heterocycles. The van der Waals surface area contributed by atoms with Gasteiger partial charge in [-0.3, -0.25) is 4.79 Å². The van der Waals surface area contributed by atoms with E-state index in [1.54, 1.807) is 0 Å². The summed E-state index contributed by atoms with van der Waals surface area (Å²) in [7, 11) is 0. The molecule has 28 heavy (non-hydrogen) atoms. The molecule has 1 aromatic rings. The van der Waals surface area contributed by atoms with Gasteiger partial charge in [0.15, 0.2) is 12.4 Å². The van der Waals surface area contributed by atoms with E-state index in [1.165, 1.54) is 95.5 Å². The molecule has 3 heteroatoms. The molecule has 0 aliphatic heterocycles. The van der Waals surface area contributed by atoms with Crippen molar-refractivity contribution < 1.29 is 9.36 Å². The lowest BCUT2D eigenvalue weighted by Gasteiger charge is -2.04. The van der Waals surface area contributed by atoms with Crippen molar-refractivity contribution in [2.45, 2.75) is 123 Å². The number of unbranched alkanes of at least 4 members (excludes halogenated alkanes) is 14. The highest BCUT2D eigenvalue weighted by atomic mass is 16.1. The SMILES string of the molecule is CCCCCCCCCCCCCCCCCC(=O)NC[n+]1ccc(C)cc1. The average molecular weight is 390 g/mol. The van der Waals surface area contributed by atoms with Gasteiger partial charge in [0.05, 0.1) is 0 Å². The molecule has 1 amide bonds. The number of aromatic nitrogens is 1. The Hall–Kier alpha value is -1.38. The fourth-order valence-corrected chi connectivity index (χ4v) is 3.56. The van der Waals surface area contributed by atoms with Gasteiger partial charge in [-0.1, -0.05) is 96.8 Å². The van der Waals surface area contributed by atoms with Crippen molar-refractivity contribution in [1.82, 2.24) is 5.32 Å². The topological polar surface area (TPSA) is 33.0 Å². The Morgan fingerprint density at radius 1 is 0.750 bits per heavy atom. The van der Waals surface area contributed by atoms with Crippen LogP contribution in [-0.4, -0.2) is 5.91 Å². The van der Waals surface area contributed by atoms with Gasteiger partial charge in [0.25, 0.3) is 0 Å². The Morgan fingerprint density at radius 3 is 1.64 bits per heavy atom. The van der Waals surface area contributed by atoms with Crippen molar-refractivity contribution in [2.75, 3.05) is 0 Å². The lowest BCUT2D eigenvalue weighted by atomic mass is 10.0. The lowest BCUT2D eigenvalue weighted by molar-refractivity contribution is -0.700. The third-order valence-corrected chi connectivity index (χ3v) is 5.52. The summed E-state index contributed by atoms with van der Waals surface area (Å²) >= 11 is 0. The second-order valence-electron chi connectivity index (χ2n) is 8.35. The second kappa shape index (κ2) is 17.7. The van der Waals surface area contributed by atoms with Crippen LogP contribution in [0, 0.1) is 6.92 Å². The first-order chi connectivity index (χ1) is 13.7. The molecule has 0 fully saturated rings. The molecule has 0 bridgehead atoms. The average Bonchev–Trinajstić information content (AvgIpc) is 2.70. The van der Waals surface area contributed by atoms with Crippen molar-refractivity contribution in [3.05, 3.63) is 30.1 Å². The maximum atomic E-state index is 11.9. The number of pyridine rings is 1. The van der Waals surface area contributed by atoms with Crippen LogP contribution in [0.1, 0.15) is 115 Å². The normalized spacial score (nSPS) is 10.9. The zero-order chi connectivity index (χ0) is 20.3. The highest BCUT2D eigenvalue weighted by molar-refractivity contribution is 5.75. The molecule has 1 aromatic heterocycles. The zero-order valence-electron chi connectivity index (χ0n) is 18.7. The van der Waals surface area contributed by atoms with E-state index >= 15 is 0 Å². The number of aryl methyl sites for hydroxylation is 1. The van der Waals surface area contributed by atoms with Crippen LogP contribution in [0.25, 0.3) is 0 Å². The monoisotopic (exact) mass is 389 g/mol. The minimum absolute atomic E-state index is 0.169. The van der Waals surface area contributed by atoms with Crippen LogP contribution in [0.3, 0.4) is 0 Å². The summed E-state index contributed by atoms with van der Waals surface area (Å²) in [5, 5.41) is 2.99. The van der Waals surface area contributed by atoms with Crippen molar-refractivity contribution in [3.8, 4) is 0 Å². The number of nitrogens with one attached hydrogen (secondary N) is 1. The number of rotatable bonds is 18. The molecule has 0 aliphatic carbocycles. The van der Waals surface area contributed by atoms with E-state index in [1.807, 2.05) is 17.0 Å². The third kappa shape index (κ3) is 14.6. The smallest absolute Gasteiger partial charge is 0.224 e. The molecule has 1 N–H and O–H groups in total. The van der Waals surface area contributed by atoms with Gasteiger partial charge < -0.3 is 5.32 Å². The van der Waals surface area contributed by atoms with Gasteiger partial charge in [-0.25, -0.2) is 0 Å². The maximum Gasteiger partial charge on any atom is 0.224 e. The predicted octanol–water partition coefficient (Wildman–Crippen LogP) is 6.62. The van der Waals surface area contributed by atoms with Gasteiger partial charge in [0.2, 0.25) is 12.6 Å². The number of nitrogens with zero attached hydrogens (tertiary/aromatic N) is 1. The van der Waals surface area contributed by atoms with Crippen molar-refractivity contribution in [3.63, 3.8) is 0 Å². The van der Waals surface area contributed by atoms with Crippen LogP contribution < -0.4 is 9.88 Å². The maximum absolute atomic E-state index is 11.9. The number of hydrogen-bond acceptors (Lipinski definition) is 1. The molecule has 0 unspecified atom stereocenters. The van der Waals surface area contributed by atoms with Crippen molar-refractivity contribution in [1.29, 1.82) is 0 Å². The van der Waals surface area contributed by atoms with E-state index in [0.29, 0.717) is 13.1 Å². The first-order valence-corrected chi connectivity index (χ1v) is 11.9. The molecule has 0 aliphatic rings. The van der Waals surface area contributed by atoms with Crippen LogP contribution in [-0.2, 0) is 11.5 Å². The number of amides is 1. The number of hydrogen-bond donors (Lipinski definition) is 1. The molecular weight excluding hydrogens is 344 g/mol. The minimum Gasteiger partial charge on any atom is -0.301 e. The number of carbonyl (C=O) groups excluding carboxylic acids is 1. The van der Waals surface area contributed by atoms with E-state index in [0.717, 1.165) is 6.42 Å². The zero-order valence-corrected chi connectivity index (χ0v) is 18.7. The summed E-state index contributed by atoms with van der Waals surface area (Å²) in [6.45, 7) is 4.92. The summed E-state index contributed by atoms with van der Waals surface area (Å²) in [5.74, 6) is 0.169. The molecule has 0 saturated heterocycles. The van der Waals surface area contributed by atoms with Crippen LogP contribution in [0.2, 0.25) is 0 Å².